The second-order valence-corrected chi connectivity index (χ2v) is 4.88. The third kappa shape index (κ3) is 3.96. The number of hydrogen-bond acceptors (Lipinski definition) is 3. The Hall–Kier alpha value is -1.55. The van der Waals surface area contributed by atoms with Crippen molar-refractivity contribution in [2.75, 3.05) is 0 Å². The Morgan fingerprint density at radius 3 is 2.42 bits per heavy atom. The van der Waals surface area contributed by atoms with Gasteiger partial charge >= 0.3 is 0 Å². The number of hydrogen-bond donors (Lipinski definition) is 3. The van der Waals surface area contributed by atoms with E-state index in [1.807, 2.05) is 24.3 Å². The van der Waals surface area contributed by atoms with Crippen LogP contribution < -0.4 is 11.1 Å². The van der Waals surface area contributed by atoms with Crippen LogP contribution in [0.1, 0.15) is 51.2 Å². The van der Waals surface area contributed by atoms with E-state index in [2.05, 4.69) is 31.2 Å². The lowest BCUT2D eigenvalue weighted by atomic mass is 9.89. The van der Waals surface area contributed by atoms with Crippen molar-refractivity contribution in [1.82, 2.24) is 5.32 Å². The molecule has 19 heavy (non-hydrogen) atoms. The van der Waals surface area contributed by atoms with E-state index in [9.17, 15) is 0 Å². The van der Waals surface area contributed by atoms with Gasteiger partial charge in [-0.25, -0.2) is 0 Å². The number of nitrogens with one attached hydrogen (secondary N) is 1. The van der Waals surface area contributed by atoms with Crippen molar-refractivity contribution in [2.24, 2.45) is 10.9 Å². The van der Waals surface area contributed by atoms with Gasteiger partial charge in [-0.2, -0.15) is 0 Å². The van der Waals surface area contributed by atoms with E-state index in [1.165, 1.54) is 0 Å². The van der Waals surface area contributed by atoms with E-state index in [-0.39, 0.29) is 11.4 Å². The van der Waals surface area contributed by atoms with Crippen LogP contribution in [0, 0.1) is 0 Å². The van der Waals surface area contributed by atoms with Crippen LogP contribution in [0.25, 0.3) is 0 Å². The van der Waals surface area contributed by atoms with E-state index in [0.717, 1.165) is 36.9 Å². The van der Waals surface area contributed by atoms with Crippen molar-refractivity contribution in [3.63, 3.8) is 0 Å². The Labute approximate surface area is 115 Å². The Kier molecular flexibility index (Phi) is 5.83. The minimum Gasteiger partial charge on any atom is -0.409 e. The highest BCUT2D eigenvalue weighted by Crippen LogP contribution is 2.20. The summed E-state index contributed by atoms with van der Waals surface area (Å²) in [6.45, 7) is 7.44. The first-order valence-electron chi connectivity index (χ1n) is 6.92. The third-order valence-electron chi connectivity index (χ3n) is 4.03. The molecular formula is C15H25N3O. The summed E-state index contributed by atoms with van der Waals surface area (Å²) in [5.74, 6) is 0.148. The van der Waals surface area contributed by atoms with Crippen molar-refractivity contribution in [3.05, 3.63) is 35.4 Å². The van der Waals surface area contributed by atoms with E-state index in [1.54, 1.807) is 0 Å². The number of nitrogens with zero attached hydrogens (tertiary/aromatic N) is 1. The molecule has 4 N–H and O–H groups in total. The van der Waals surface area contributed by atoms with Gasteiger partial charge < -0.3 is 16.3 Å². The molecule has 0 spiro atoms. The van der Waals surface area contributed by atoms with Crippen LogP contribution in [-0.2, 0) is 6.54 Å². The fraction of sp³-hybridized carbons (Fsp3) is 0.533. The summed E-state index contributed by atoms with van der Waals surface area (Å²) in [5.41, 5.74) is 7.69. The second-order valence-electron chi connectivity index (χ2n) is 4.88. The molecule has 0 aromatic heterocycles. The van der Waals surface area contributed by atoms with Crippen LogP contribution in [0.2, 0.25) is 0 Å². The summed E-state index contributed by atoms with van der Waals surface area (Å²) in [4.78, 5) is 0. The molecule has 4 heteroatoms. The van der Waals surface area contributed by atoms with Gasteiger partial charge in [0.05, 0.1) is 0 Å². The minimum atomic E-state index is 0.148. The van der Waals surface area contributed by atoms with Gasteiger partial charge in [0.25, 0.3) is 0 Å². The highest BCUT2D eigenvalue weighted by Gasteiger charge is 2.22. The van der Waals surface area contributed by atoms with Crippen molar-refractivity contribution in [1.29, 1.82) is 0 Å². The summed E-state index contributed by atoms with van der Waals surface area (Å²) in [5, 5.41) is 15.4. The van der Waals surface area contributed by atoms with Crippen molar-refractivity contribution < 1.29 is 5.21 Å². The Bertz CT molecular complexity index is 417. The molecule has 0 aliphatic rings. The van der Waals surface area contributed by atoms with Crippen LogP contribution in [-0.4, -0.2) is 16.6 Å². The molecule has 0 saturated heterocycles. The molecule has 0 fully saturated rings. The maximum atomic E-state index is 8.70. The average Bonchev–Trinajstić information content (AvgIpc) is 2.48. The SMILES string of the molecule is CCC(CC)(CC)NCc1cccc(C(N)=NO)c1. The average molecular weight is 263 g/mol. The molecule has 0 heterocycles. The van der Waals surface area contributed by atoms with Crippen LogP contribution in [0.4, 0.5) is 0 Å². The molecule has 0 saturated carbocycles. The molecule has 1 aromatic carbocycles. The topological polar surface area (TPSA) is 70.6 Å². The molecule has 0 atom stereocenters. The number of amidine groups is 1. The van der Waals surface area contributed by atoms with Gasteiger partial charge in [0, 0.05) is 17.6 Å². The van der Waals surface area contributed by atoms with Crippen molar-refractivity contribution in [3.8, 4) is 0 Å². The normalized spacial score (nSPS) is 12.7. The third-order valence-corrected chi connectivity index (χ3v) is 4.03. The quantitative estimate of drug-likeness (QED) is 0.306. The molecule has 0 unspecified atom stereocenters. The Morgan fingerprint density at radius 1 is 1.26 bits per heavy atom. The van der Waals surface area contributed by atoms with E-state index in [0.29, 0.717) is 0 Å². The summed E-state index contributed by atoms with van der Waals surface area (Å²) >= 11 is 0. The second kappa shape index (κ2) is 7.14. The minimum absolute atomic E-state index is 0.148. The number of oxime groups is 1. The largest absolute Gasteiger partial charge is 0.409 e. The first-order valence-corrected chi connectivity index (χ1v) is 6.92. The summed E-state index contributed by atoms with van der Waals surface area (Å²) < 4.78 is 0. The monoisotopic (exact) mass is 263 g/mol. The van der Waals surface area contributed by atoms with Gasteiger partial charge in [-0.3, -0.25) is 0 Å². The zero-order valence-corrected chi connectivity index (χ0v) is 12.1. The highest BCUT2D eigenvalue weighted by molar-refractivity contribution is 5.97. The van der Waals surface area contributed by atoms with E-state index >= 15 is 0 Å². The molecule has 0 aliphatic carbocycles. The number of rotatable bonds is 7. The lowest BCUT2D eigenvalue weighted by Crippen LogP contribution is -2.43. The molecule has 4 nitrogen and oxygen atoms in total. The molecule has 0 bridgehead atoms. The molecule has 1 rings (SSSR count). The zero-order chi connectivity index (χ0) is 14.3. The maximum absolute atomic E-state index is 8.70. The lowest BCUT2D eigenvalue weighted by Gasteiger charge is -2.32. The van der Waals surface area contributed by atoms with Gasteiger partial charge in [0.15, 0.2) is 5.84 Å². The molecule has 0 amide bonds. The molecule has 0 radical (unpaired) electrons. The van der Waals surface area contributed by atoms with Crippen LogP contribution in [0.5, 0.6) is 0 Å². The molecular weight excluding hydrogens is 238 g/mol. The smallest absolute Gasteiger partial charge is 0.170 e. The van der Waals surface area contributed by atoms with Crippen LogP contribution >= 0.6 is 0 Å². The fourth-order valence-corrected chi connectivity index (χ4v) is 2.31. The van der Waals surface area contributed by atoms with Gasteiger partial charge in [-0.15, -0.1) is 0 Å². The zero-order valence-electron chi connectivity index (χ0n) is 12.1. The Morgan fingerprint density at radius 2 is 1.89 bits per heavy atom. The predicted molar refractivity (Wildman–Crippen MR) is 79.4 cm³/mol. The number of nitrogens with two attached hydrogens (primary N) is 1. The van der Waals surface area contributed by atoms with Crippen molar-refractivity contribution in [2.45, 2.75) is 52.1 Å². The molecule has 0 aliphatic heterocycles. The molecule has 106 valence electrons. The van der Waals surface area contributed by atoms with E-state index in [4.69, 9.17) is 10.9 Å². The van der Waals surface area contributed by atoms with Gasteiger partial charge in [-0.05, 0) is 30.9 Å². The Balaban J connectivity index is 2.78. The standard InChI is InChI=1S/C15H25N3O/c1-4-15(5-2,6-3)17-11-12-8-7-9-13(10-12)14(16)18-19/h7-10,17,19H,4-6,11H2,1-3H3,(H2,16,18). The maximum Gasteiger partial charge on any atom is 0.170 e. The van der Waals surface area contributed by atoms with Crippen LogP contribution in [0.3, 0.4) is 0 Å². The summed E-state index contributed by atoms with van der Waals surface area (Å²) in [6.07, 6.45) is 3.33. The first-order chi connectivity index (χ1) is 9.10. The summed E-state index contributed by atoms with van der Waals surface area (Å²) in [7, 11) is 0. The molecule has 1 aromatic rings. The predicted octanol–water partition coefficient (Wildman–Crippen LogP) is 2.84. The van der Waals surface area contributed by atoms with Crippen LogP contribution in [0.15, 0.2) is 29.4 Å². The van der Waals surface area contributed by atoms with Gasteiger partial charge in [0.2, 0.25) is 0 Å². The van der Waals surface area contributed by atoms with Gasteiger partial charge in [-0.1, -0.05) is 44.1 Å². The summed E-state index contributed by atoms with van der Waals surface area (Å²) in [6, 6.07) is 7.77. The number of benzene rings is 1. The van der Waals surface area contributed by atoms with Gasteiger partial charge in [0.1, 0.15) is 0 Å². The highest BCUT2D eigenvalue weighted by atomic mass is 16.4. The lowest BCUT2D eigenvalue weighted by molar-refractivity contribution is 0.288. The fourth-order valence-electron chi connectivity index (χ4n) is 2.31. The van der Waals surface area contributed by atoms with Crippen molar-refractivity contribution >= 4 is 5.84 Å². The first kappa shape index (κ1) is 15.5. The van der Waals surface area contributed by atoms with E-state index < -0.39 is 0 Å².